The van der Waals surface area contributed by atoms with Crippen LogP contribution >= 0.6 is 0 Å². The maximum absolute atomic E-state index is 12.1. The van der Waals surface area contributed by atoms with Crippen molar-refractivity contribution in [1.29, 1.82) is 0 Å². The molecule has 19 heavy (non-hydrogen) atoms. The quantitative estimate of drug-likeness (QED) is 0.821. The van der Waals surface area contributed by atoms with E-state index in [0.29, 0.717) is 13.0 Å². The summed E-state index contributed by atoms with van der Waals surface area (Å²) >= 11 is 0. The van der Waals surface area contributed by atoms with Crippen molar-refractivity contribution in [3.8, 4) is 0 Å². The highest BCUT2D eigenvalue weighted by Crippen LogP contribution is 2.08. The predicted molar refractivity (Wildman–Crippen MR) is 78.2 cm³/mol. The second kappa shape index (κ2) is 8.70. The Labute approximate surface area is 116 Å². The first-order valence-electron chi connectivity index (χ1n) is 7.17. The largest absolute Gasteiger partial charge is 0.380 e. The number of nitrogens with zero attached hydrogens (tertiary/aromatic N) is 1. The van der Waals surface area contributed by atoms with E-state index in [1.807, 2.05) is 43.9 Å². The fraction of sp³-hybridized carbons (Fsp3) is 0.562. The molecule has 0 saturated carbocycles. The zero-order chi connectivity index (χ0) is 14.1. The molecular formula is C16H25NO2. The average molecular weight is 263 g/mol. The van der Waals surface area contributed by atoms with Crippen molar-refractivity contribution in [2.75, 3.05) is 26.3 Å². The molecule has 3 nitrogen and oxygen atoms in total. The van der Waals surface area contributed by atoms with Crippen molar-refractivity contribution < 1.29 is 9.53 Å². The van der Waals surface area contributed by atoms with E-state index in [4.69, 9.17) is 4.74 Å². The SMILES string of the molecule is CC.Cc1cccc(CC(=O)N2CCCOCC2)c1. The number of hydrogen-bond acceptors (Lipinski definition) is 2. The van der Waals surface area contributed by atoms with Crippen molar-refractivity contribution in [3.63, 3.8) is 0 Å². The number of carbonyl (C=O) groups excluding carboxylic acids is 1. The number of hydrogen-bond donors (Lipinski definition) is 0. The summed E-state index contributed by atoms with van der Waals surface area (Å²) in [5.41, 5.74) is 2.30. The van der Waals surface area contributed by atoms with Crippen molar-refractivity contribution in [3.05, 3.63) is 35.4 Å². The molecule has 1 aliphatic heterocycles. The monoisotopic (exact) mass is 263 g/mol. The Morgan fingerprint density at radius 2 is 2.05 bits per heavy atom. The number of amides is 1. The Kier molecular flexibility index (Phi) is 7.19. The summed E-state index contributed by atoms with van der Waals surface area (Å²) in [6.07, 6.45) is 1.45. The van der Waals surface area contributed by atoms with Crippen LogP contribution in [0.4, 0.5) is 0 Å². The molecule has 1 heterocycles. The van der Waals surface area contributed by atoms with Gasteiger partial charge in [0.2, 0.25) is 5.91 Å². The number of ether oxygens (including phenoxy) is 1. The van der Waals surface area contributed by atoms with Crippen molar-refractivity contribution in [2.45, 2.75) is 33.6 Å². The molecule has 1 amide bonds. The van der Waals surface area contributed by atoms with Gasteiger partial charge in [0, 0.05) is 19.7 Å². The Bertz CT molecular complexity index is 382. The summed E-state index contributed by atoms with van der Waals surface area (Å²) in [6, 6.07) is 8.14. The lowest BCUT2D eigenvalue weighted by Crippen LogP contribution is -2.34. The molecule has 1 aromatic carbocycles. The summed E-state index contributed by atoms with van der Waals surface area (Å²) in [6.45, 7) is 9.04. The molecule has 106 valence electrons. The van der Waals surface area contributed by atoms with E-state index in [9.17, 15) is 4.79 Å². The van der Waals surface area contributed by atoms with Gasteiger partial charge in [-0.1, -0.05) is 43.7 Å². The first-order chi connectivity index (χ1) is 9.25. The van der Waals surface area contributed by atoms with Gasteiger partial charge in [0.25, 0.3) is 0 Å². The van der Waals surface area contributed by atoms with E-state index >= 15 is 0 Å². The Morgan fingerprint density at radius 1 is 1.26 bits per heavy atom. The molecule has 0 aliphatic carbocycles. The van der Waals surface area contributed by atoms with Crippen LogP contribution in [0.3, 0.4) is 0 Å². The molecule has 0 bridgehead atoms. The van der Waals surface area contributed by atoms with Gasteiger partial charge in [0.1, 0.15) is 0 Å². The lowest BCUT2D eigenvalue weighted by atomic mass is 10.1. The minimum absolute atomic E-state index is 0.209. The Hall–Kier alpha value is -1.35. The van der Waals surface area contributed by atoms with E-state index in [0.717, 1.165) is 31.7 Å². The van der Waals surface area contributed by atoms with Gasteiger partial charge in [0.15, 0.2) is 0 Å². The molecular weight excluding hydrogens is 238 g/mol. The Balaban J connectivity index is 0.000000861. The van der Waals surface area contributed by atoms with Gasteiger partial charge in [-0.25, -0.2) is 0 Å². The van der Waals surface area contributed by atoms with Crippen molar-refractivity contribution in [1.82, 2.24) is 4.90 Å². The minimum Gasteiger partial charge on any atom is -0.380 e. The second-order valence-electron chi connectivity index (χ2n) is 4.51. The molecule has 1 aliphatic rings. The standard InChI is InChI=1S/C14H19NO2.C2H6/c1-12-4-2-5-13(10-12)11-14(16)15-6-3-8-17-9-7-15;1-2/h2,4-5,10H,3,6-9,11H2,1H3;1-2H3. The molecule has 0 spiro atoms. The van der Waals surface area contributed by atoms with Crippen molar-refractivity contribution >= 4 is 5.91 Å². The summed E-state index contributed by atoms with van der Waals surface area (Å²) < 4.78 is 5.35. The van der Waals surface area contributed by atoms with Gasteiger partial charge in [-0.05, 0) is 18.9 Å². The van der Waals surface area contributed by atoms with Gasteiger partial charge >= 0.3 is 0 Å². The zero-order valence-corrected chi connectivity index (χ0v) is 12.3. The lowest BCUT2D eigenvalue weighted by Gasteiger charge is -2.19. The van der Waals surface area contributed by atoms with Crippen LogP contribution in [0, 0.1) is 6.92 Å². The van der Waals surface area contributed by atoms with Crippen LogP contribution in [-0.2, 0) is 16.0 Å². The van der Waals surface area contributed by atoms with E-state index in [-0.39, 0.29) is 5.91 Å². The molecule has 3 heteroatoms. The van der Waals surface area contributed by atoms with Gasteiger partial charge < -0.3 is 9.64 Å². The van der Waals surface area contributed by atoms with E-state index in [1.165, 1.54) is 5.56 Å². The van der Waals surface area contributed by atoms with Gasteiger partial charge in [-0.2, -0.15) is 0 Å². The molecule has 0 N–H and O–H groups in total. The van der Waals surface area contributed by atoms with Crippen LogP contribution in [0.1, 0.15) is 31.4 Å². The van der Waals surface area contributed by atoms with Gasteiger partial charge in [0.05, 0.1) is 13.0 Å². The minimum atomic E-state index is 0.209. The molecule has 2 rings (SSSR count). The number of carbonyl (C=O) groups is 1. The molecule has 1 fully saturated rings. The highest BCUT2D eigenvalue weighted by molar-refractivity contribution is 5.78. The fourth-order valence-corrected chi connectivity index (χ4v) is 2.10. The van der Waals surface area contributed by atoms with Crippen LogP contribution in [-0.4, -0.2) is 37.1 Å². The maximum atomic E-state index is 12.1. The fourth-order valence-electron chi connectivity index (χ4n) is 2.10. The molecule has 0 radical (unpaired) electrons. The van der Waals surface area contributed by atoms with E-state index in [1.54, 1.807) is 0 Å². The van der Waals surface area contributed by atoms with E-state index in [2.05, 4.69) is 6.07 Å². The second-order valence-corrected chi connectivity index (χ2v) is 4.51. The summed E-state index contributed by atoms with van der Waals surface area (Å²) in [5.74, 6) is 0.209. The first kappa shape index (κ1) is 15.7. The Morgan fingerprint density at radius 3 is 2.79 bits per heavy atom. The topological polar surface area (TPSA) is 29.5 Å². The van der Waals surface area contributed by atoms with Crippen LogP contribution in [0.15, 0.2) is 24.3 Å². The molecule has 0 unspecified atom stereocenters. The normalized spacial score (nSPS) is 15.2. The first-order valence-corrected chi connectivity index (χ1v) is 7.17. The lowest BCUT2D eigenvalue weighted by molar-refractivity contribution is -0.130. The summed E-state index contributed by atoms with van der Waals surface area (Å²) in [7, 11) is 0. The smallest absolute Gasteiger partial charge is 0.227 e. The number of benzene rings is 1. The third kappa shape index (κ3) is 5.43. The number of aryl methyl sites for hydroxylation is 1. The highest BCUT2D eigenvalue weighted by Gasteiger charge is 2.15. The summed E-state index contributed by atoms with van der Waals surface area (Å²) in [4.78, 5) is 14.0. The predicted octanol–water partition coefficient (Wildman–Crippen LogP) is 2.81. The maximum Gasteiger partial charge on any atom is 0.227 e. The highest BCUT2D eigenvalue weighted by atomic mass is 16.5. The third-order valence-corrected chi connectivity index (χ3v) is 3.01. The molecule has 0 atom stereocenters. The zero-order valence-electron chi connectivity index (χ0n) is 12.3. The van der Waals surface area contributed by atoms with Crippen LogP contribution in [0.25, 0.3) is 0 Å². The van der Waals surface area contributed by atoms with Crippen LogP contribution in [0.5, 0.6) is 0 Å². The summed E-state index contributed by atoms with van der Waals surface area (Å²) in [5, 5.41) is 0. The van der Waals surface area contributed by atoms with Gasteiger partial charge in [-0.15, -0.1) is 0 Å². The molecule has 1 aromatic rings. The average Bonchev–Trinajstić information content (AvgIpc) is 2.70. The van der Waals surface area contributed by atoms with Crippen molar-refractivity contribution in [2.24, 2.45) is 0 Å². The van der Waals surface area contributed by atoms with Gasteiger partial charge in [-0.3, -0.25) is 4.79 Å². The number of rotatable bonds is 2. The molecule has 0 aromatic heterocycles. The third-order valence-electron chi connectivity index (χ3n) is 3.01. The van der Waals surface area contributed by atoms with Crippen LogP contribution in [0.2, 0.25) is 0 Å². The van der Waals surface area contributed by atoms with Crippen LogP contribution < -0.4 is 0 Å². The van der Waals surface area contributed by atoms with E-state index < -0.39 is 0 Å². The molecule has 1 saturated heterocycles.